The summed E-state index contributed by atoms with van der Waals surface area (Å²) >= 11 is 0. The molecule has 2 aromatic heterocycles. The average molecular weight is 426 g/mol. The first-order valence-electron chi connectivity index (χ1n) is 11.1. The number of nitrogens with one attached hydrogen (secondary N) is 1. The van der Waals surface area contributed by atoms with Gasteiger partial charge in [-0.05, 0) is 52.2 Å². The Hall–Kier alpha value is -2.74. The average Bonchev–Trinajstić information content (AvgIpc) is 2.77. The number of aryl methyl sites for hydroxylation is 1. The predicted octanol–water partition coefficient (Wildman–Crippen LogP) is 1.91. The van der Waals surface area contributed by atoms with Gasteiger partial charge in [0.25, 0.3) is 17.0 Å². The molecule has 0 bridgehead atoms. The Morgan fingerprint density at radius 2 is 1.97 bits per heavy atom. The van der Waals surface area contributed by atoms with Crippen molar-refractivity contribution in [2.45, 2.75) is 65.1 Å². The van der Waals surface area contributed by atoms with Crippen LogP contribution in [0.5, 0.6) is 0 Å². The van der Waals surface area contributed by atoms with E-state index in [0.717, 1.165) is 49.2 Å². The third-order valence-corrected chi connectivity index (χ3v) is 6.71. The molecule has 0 spiro atoms. The summed E-state index contributed by atoms with van der Waals surface area (Å²) < 4.78 is 1.49. The quantitative estimate of drug-likeness (QED) is 0.811. The highest BCUT2D eigenvalue weighted by atomic mass is 16.2. The Kier molecular flexibility index (Phi) is 5.83. The Morgan fingerprint density at radius 3 is 2.71 bits per heavy atom. The number of piperidine rings is 1. The maximum absolute atomic E-state index is 13.3. The third-order valence-electron chi connectivity index (χ3n) is 6.71. The highest BCUT2D eigenvalue weighted by Crippen LogP contribution is 2.30. The predicted molar refractivity (Wildman–Crippen MR) is 118 cm³/mol. The molecule has 0 radical (unpaired) electrons. The van der Waals surface area contributed by atoms with Crippen LogP contribution in [0.25, 0.3) is 0 Å². The Labute approximate surface area is 181 Å². The van der Waals surface area contributed by atoms with Crippen LogP contribution in [0.2, 0.25) is 0 Å². The van der Waals surface area contributed by atoms with Crippen molar-refractivity contribution in [2.75, 3.05) is 13.1 Å². The van der Waals surface area contributed by atoms with Gasteiger partial charge in [-0.25, -0.2) is 4.98 Å². The van der Waals surface area contributed by atoms with Crippen LogP contribution in [0.4, 0.5) is 0 Å². The Balaban J connectivity index is 1.68. The number of aromatic nitrogens is 3. The maximum Gasteiger partial charge on any atom is 0.263 e. The van der Waals surface area contributed by atoms with Crippen LogP contribution in [-0.4, -0.2) is 49.4 Å². The fourth-order valence-electron chi connectivity index (χ4n) is 4.57. The van der Waals surface area contributed by atoms with Gasteiger partial charge < -0.3 is 14.5 Å². The molecule has 0 unspecified atom stereocenters. The van der Waals surface area contributed by atoms with Gasteiger partial charge in [-0.1, -0.05) is 0 Å². The van der Waals surface area contributed by atoms with E-state index in [1.54, 1.807) is 24.1 Å². The van der Waals surface area contributed by atoms with E-state index in [1.165, 1.54) is 4.57 Å². The van der Waals surface area contributed by atoms with Gasteiger partial charge >= 0.3 is 0 Å². The lowest BCUT2D eigenvalue weighted by molar-refractivity contribution is 0.0596. The van der Waals surface area contributed by atoms with Gasteiger partial charge in [-0.2, -0.15) is 0 Å². The smallest absolute Gasteiger partial charge is 0.263 e. The van der Waals surface area contributed by atoms with Gasteiger partial charge in [0.2, 0.25) is 0 Å². The number of aromatic amines is 1. The Bertz CT molecular complexity index is 1120. The summed E-state index contributed by atoms with van der Waals surface area (Å²) in [6.07, 6.45) is 3.26. The van der Waals surface area contributed by atoms with Crippen molar-refractivity contribution in [3.63, 3.8) is 0 Å². The van der Waals surface area contributed by atoms with Crippen molar-refractivity contribution in [2.24, 2.45) is 7.05 Å². The van der Waals surface area contributed by atoms with Crippen LogP contribution < -0.4 is 11.1 Å². The molecular weight excluding hydrogens is 394 g/mol. The normalized spacial score (nSPS) is 19.5. The second-order valence-electron chi connectivity index (χ2n) is 8.95. The minimum Gasteiger partial charge on any atom is -0.328 e. The third kappa shape index (κ3) is 3.96. The first kappa shape index (κ1) is 21.5. The van der Waals surface area contributed by atoms with Gasteiger partial charge in [-0.3, -0.25) is 19.3 Å². The van der Waals surface area contributed by atoms with Crippen LogP contribution in [0.1, 0.15) is 72.3 Å². The molecule has 4 rings (SSSR count). The number of amides is 1. The number of hydrogen-bond donors (Lipinski definition) is 1. The highest BCUT2D eigenvalue weighted by molar-refractivity contribution is 5.94. The topological polar surface area (TPSA) is 91.3 Å². The molecule has 166 valence electrons. The second kappa shape index (κ2) is 8.42. The number of nitrogens with zero attached hydrogens (tertiary/aromatic N) is 4. The van der Waals surface area contributed by atoms with Gasteiger partial charge in [0.15, 0.2) is 0 Å². The number of carbonyl (C=O) groups is 1. The highest BCUT2D eigenvalue weighted by Gasteiger charge is 2.33. The molecule has 2 aliphatic heterocycles. The lowest BCUT2D eigenvalue weighted by Crippen LogP contribution is -2.44. The number of H-pyrrole nitrogens is 1. The summed E-state index contributed by atoms with van der Waals surface area (Å²) in [7, 11) is 1.67. The minimum atomic E-state index is -0.326. The van der Waals surface area contributed by atoms with Gasteiger partial charge in [-0.15, -0.1) is 0 Å². The van der Waals surface area contributed by atoms with Crippen LogP contribution >= 0.6 is 0 Å². The van der Waals surface area contributed by atoms with Crippen molar-refractivity contribution in [3.05, 3.63) is 61.2 Å². The van der Waals surface area contributed by atoms with Crippen molar-refractivity contribution in [3.8, 4) is 0 Å². The Morgan fingerprint density at radius 1 is 1.19 bits per heavy atom. The zero-order chi connectivity index (χ0) is 22.3. The number of pyridine rings is 1. The van der Waals surface area contributed by atoms with E-state index in [-0.39, 0.29) is 28.6 Å². The van der Waals surface area contributed by atoms with Crippen molar-refractivity contribution in [1.82, 2.24) is 24.3 Å². The first-order valence-corrected chi connectivity index (χ1v) is 11.1. The number of rotatable bonds is 3. The summed E-state index contributed by atoms with van der Waals surface area (Å²) in [6.45, 7) is 8.10. The second-order valence-corrected chi connectivity index (χ2v) is 8.95. The first-order chi connectivity index (χ1) is 14.8. The summed E-state index contributed by atoms with van der Waals surface area (Å²) in [5, 5.41) is 0. The molecule has 8 nitrogen and oxygen atoms in total. The fourth-order valence-corrected chi connectivity index (χ4v) is 4.57. The van der Waals surface area contributed by atoms with Crippen molar-refractivity contribution in [1.29, 1.82) is 0 Å². The van der Waals surface area contributed by atoms with Crippen LogP contribution in [0.3, 0.4) is 0 Å². The van der Waals surface area contributed by atoms with E-state index in [9.17, 15) is 14.4 Å². The molecule has 2 aliphatic rings. The molecule has 1 atom stereocenters. The van der Waals surface area contributed by atoms with E-state index in [1.807, 2.05) is 6.92 Å². The molecule has 1 fully saturated rings. The minimum absolute atomic E-state index is 0.116. The molecule has 0 aliphatic carbocycles. The summed E-state index contributed by atoms with van der Waals surface area (Å²) in [6, 6.07) is 3.44. The number of hydrogen-bond acceptors (Lipinski definition) is 5. The molecule has 0 saturated carbocycles. The molecule has 31 heavy (non-hydrogen) atoms. The van der Waals surface area contributed by atoms with Crippen LogP contribution in [0.15, 0.2) is 21.7 Å². The zero-order valence-corrected chi connectivity index (χ0v) is 18.8. The SMILES string of the molecule is Cc1ccc(C(=O)N2CCCC[C@H]2c2nc3c(c(=O)[nH]2)CN(C(C)C)CC3)c(=O)n1C. The molecule has 1 saturated heterocycles. The number of carbonyl (C=O) groups excluding carboxylic acids is 1. The molecule has 4 heterocycles. The zero-order valence-electron chi connectivity index (χ0n) is 18.8. The van der Waals surface area contributed by atoms with E-state index in [4.69, 9.17) is 4.98 Å². The van der Waals surface area contributed by atoms with Crippen LogP contribution in [-0.2, 0) is 20.0 Å². The summed E-state index contributed by atoms with van der Waals surface area (Å²) in [4.78, 5) is 50.7. The molecular formula is C23H31N5O3. The lowest BCUT2D eigenvalue weighted by atomic mass is 9.99. The summed E-state index contributed by atoms with van der Waals surface area (Å²) in [5.41, 5.74) is 2.11. The largest absolute Gasteiger partial charge is 0.328 e. The van der Waals surface area contributed by atoms with E-state index in [0.29, 0.717) is 25.0 Å². The fraction of sp³-hybridized carbons (Fsp3) is 0.565. The van der Waals surface area contributed by atoms with E-state index < -0.39 is 0 Å². The maximum atomic E-state index is 13.3. The molecule has 8 heteroatoms. The standard InChI is InChI=1S/C23H31N5O3/c1-14(2)27-12-10-18-17(13-27)21(29)25-20(24-18)19-7-5-6-11-28(19)23(31)16-9-8-15(3)26(4)22(16)30/h8-9,14,19H,5-7,10-13H2,1-4H3,(H,24,25,29)/t19-/m0/s1. The lowest BCUT2D eigenvalue weighted by Gasteiger charge is -2.36. The van der Waals surface area contributed by atoms with Gasteiger partial charge in [0, 0.05) is 44.8 Å². The van der Waals surface area contributed by atoms with E-state index >= 15 is 0 Å². The number of fused-ring (bicyclic) bond motifs is 1. The summed E-state index contributed by atoms with van der Waals surface area (Å²) in [5.74, 6) is 0.246. The van der Waals surface area contributed by atoms with Gasteiger partial charge in [0.1, 0.15) is 11.4 Å². The molecule has 0 aromatic carbocycles. The molecule has 2 aromatic rings. The monoisotopic (exact) mass is 425 g/mol. The van der Waals surface area contributed by atoms with Crippen LogP contribution in [0, 0.1) is 6.92 Å². The molecule has 1 N–H and O–H groups in total. The molecule has 1 amide bonds. The van der Waals surface area contributed by atoms with Gasteiger partial charge in [0.05, 0.1) is 17.3 Å². The van der Waals surface area contributed by atoms with Crippen molar-refractivity contribution < 1.29 is 4.79 Å². The van der Waals surface area contributed by atoms with Crippen molar-refractivity contribution >= 4 is 5.91 Å². The van der Waals surface area contributed by atoms with E-state index in [2.05, 4.69) is 23.7 Å². The number of likely N-dealkylation sites (tertiary alicyclic amines) is 1.